The predicted molar refractivity (Wildman–Crippen MR) is 205 cm³/mol. The van der Waals surface area contributed by atoms with E-state index in [0.717, 1.165) is 56.9 Å². The number of thiophene rings is 1. The van der Waals surface area contributed by atoms with Gasteiger partial charge in [0, 0.05) is 52.9 Å². The largest absolute Gasteiger partial charge is 0.493 e. The lowest BCUT2D eigenvalue weighted by molar-refractivity contribution is -0.348. The van der Waals surface area contributed by atoms with Crippen molar-refractivity contribution in [1.29, 1.82) is 0 Å². The number of rotatable bonds is 23. The zero-order chi connectivity index (χ0) is 36.0. The third kappa shape index (κ3) is 10.1. The second-order valence-corrected chi connectivity index (χ2v) is 15.0. The van der Waals surface area contributed by atoms with Crippen molar-refractivity contribution in [3.8, 4) is 11.5 Å². The summed E-state index contributed by atoms with van der Waals surface area (Å²) in [5.41, 5.74) is 0.936. The van der Waals surface area contributed by atoms with E-state index in [0.29, 0.717) is 63.1 Å². The molecule has 1 fully saturated rings. The quantitative estimate of drug-likeness (QED) is 0.0776. The molecule has 4 atom stereocenters. The van der Waals surface area contributed by atoms with E-state index in [2.05, 4.69) is 78.5 Å². The van der Waals surface area contributed by atoms with Crippen molar-refractivity contribution in [3.63, 3.8) is 0 Å². The predicted octanol–water partition coefficient (Wildman–Crippen LogP) is 10.1. The molecule has 2 aromatic carbocycles. The smallest absolute Gasteiger partial charge is 0.226 e. The van der Waals surface area contributed by atoms with Gasteiger partial charge in [0.05, 0.1) is 31.0 Å². The molecule has 1 saturated heterocycles. The highest BCUT2D eigenvalue weighted by Crippen LogP contribution is 2.49. The summed E-state index contributed by atoms with van der Waals surface area (Å²) in [4.78, 5) is 1.18. The first-order valence-corrected chi connectivity index (χ1v) is 19.8. The minimum atomic E-state index is -1.88. The zero-order valence-electron chi connectivity index (χ0n) is 31.5. The van der Waals surface area contributed by atoms with Gasteiger partial charge in [0.15, 0.2) is 0 Å². The van der Waals surface area contributed by atoms with E-state index in [1.165, 1.54) is 15.0 Å². The molecule has 1 aliphatic heterocycles. The van der Waals surface area contributed by atoms with Gasteiger partial charge in [-0.15, -0.1) is 11.3 Å². The Bertz CT molecular complexity index is 1420. The van der Waals surface area contributed by atoms with Crippen LogP contribution in [0, 0.1) is 0 Å². The van der Waals surface area contributed by atoms with Crippen LogP contribution in [0.1, 0.15) is 115 Å². The van der Waals surface area contributed by atoms with Crippen molar-refractivity contribution in [2.75, 3.05) is 39.6 Å². The maximum atomic E-state index is 13.2. The van der Waals surface area contributed by atoms with E-state index in [4.69, 9.17) is 28.4 Å². The van der Waals surface area contributed by atoms with Crippen LogP contribution in [-0.2, 0) is 30.1 Å². The van der Waals surface area contributed by atoms with Crippen molar-refractivity contribution in [2.24, 2.45) is 0 Å². The SMILES string of the molecule is C=CCOc1cc(OCCCC)c(C2(O)O[C@H](COCCCC)C[C@H](OCCCC)[C@H]2OCCCC)cc1C(C)(C)c1cc2ccccc2s1. The number of unbranched alkanes of at least 4 members (excludes halogenated alkanes) is 4. The molecule has 8 heteroatoms. The molecule has 3 aromatic rings. The lowest BCUT2D eigenvalue weighted by Crippen LogP contribution is -2.59. The standard InChI is InChI=1S/C42H62O7S/c1-8-13-22-44-30-32-27-37(47-24-15-10-3)40(48-25-16-11-4)42(43,49-32)34-28-33(35(45-21-12-5)29-36(34)46-23-14-9-2)41(6,7)39-26-31-19-17-18-20-38(31)50-39/h12,17-20,26,28-29,32,37,40,43H,5,8-11,13-16,21-25,27,30H2,1-4,6-7H3/t32-,37-,40+,42?/m0/s1. The Hall–Kier alpha value is -2.46. The van der Waals surface area contributed by atoms with E-state index in [1.54, 1.807) is 17.4 Å². The molecule has 1 N–H and O–H groups in total. The van der Waals surface area contributed by atoms with Crippen LogP contribution < -0.4 is 9.47 Å². The molecule has 7 nitrogen and oxygen atoms in total. The molecular weight excluding hydrogens is 649 g/mol. The van der Waals surface area contributed by atoms with Crippen LogP contribution in [0.4, 0.5) is 0 Å². The second-order valence-electron chi connectivity index (χ2n) is 13.9. The summed E-state index contributed by atoms with van der Waals surface area (Å²) in [7, 11) is 0. The summed E-state index contributed by atoms with van der Waals surface area (Å²) in [6.45, 7) is 19.8. The molecule has 1 unspecified atom stereocenters. The van der Waals surface area contributed by atoms with Crippen LogP contribution in [0.15, 0.2) is 55.1 Å². The second kappa shape index (κ2) is 20.0. The first kappa shape index (κ1) is 40.3. The molecule has 0 spiro atoms. The van der Waals surface area contributed by atoms with Crippen LogP contribution in [0.3, 0.4) is 0 Å². The number of ether oxygens (including phenoxy) is 6. The van der Waals surface area contributed by atoms with Gasteiger partial charge in [-0.05, 0) is 49.3 Å². The maximum absolute atomic E-state index is 13.2. The molecule has 0 aliphatic carbocycles. The highest BCUT2D eigenvalue weighted by atomic mass is 32.1. The number of aliphatic hydroxyl groups is 1. The van der Waals surface area contributed by atoms with Crippen LogP contribution in [0.2, 0.25) is 0 Å². The Morgan fingerprint density at radius 1 is 0.880 bits per heavy atom. The Balaban J connectivity index is 1.91. The van der Waals surface area contributed by atoms with Gasteiger partial charge in [0.25, 0.3) is 0 Å². The van der Waals surface area contributed by atoms with Gasteiger partial charge in [-0.1, -0.05) is 98.1 Å². The van der Waals surface area contributed by atoms with E-state index in [-0.39, 0.29) is 0 Å². The third-order valence-corrected chi connectivity index (χ3v) is 10.9. The Morgan fingerprint density at radius 2 is 1.56 bits per heavy atom. The molecule has 4 rings (SSSR count). The molecule has 278 valence electrons. The molecule has 2 heterocycles. The van der Waals surface area contributed by atoms with Gasteiger partial charge >= 0.3 is 0 Å². The fraction of sp³-hybridized carbons (Fsp3) is 0.619. The molecule has 1 aromatic heterocycles. The summed E-state index contributed by atoms with van der Waals surface area (Å²) in [5.74, 6) is -0.689. The number of hydrogen-bond acceptors (Lipinski definition) is 8. The lowest BCUT2D eigenvalue weighted by atomic mass is 9.79. The van der Waals surface area contributed by atoms with Crippen molar-refractivity contribution in [2.45, 2.75) is 129 Å². The fourth-order valence-electron chi connectivity index (χ4n) is 6.36. The van der Waals surface area contributed by atoms with Crippen LogP contribution >= 0.6 is 11.3 Å². The highest BCUT2D eigenvalue weighted by Gasteiger charge is 2.54. The van der Waals surface area contributed by atoms with Crippen molar-refractivity contribution >= 4 is 21.4 Å². The monoisotopic (exact) mass is 710 g/mol. The van der Waals surface area contributed by atoms with E-state index in [1.807, 2.05) is 12.1 Å². The van der Waals surface area contributed by atoms with E-state index in [9.17, 15) is 5.11 Å². The lowest BCUT2D eigenvalue weighted by Gasteiger charge is -2.47. The fourth-order valence-corrected chi connectivity index (χ4v) is 7.54. The maximum Gasteiger partial charge on any atom is 0.226 e. The van der Waals surface area contributed by atoms with Gasteiger partial charge in [-0.25, -0.2) is 0 Å². The zero-order valence-corrected chi connectivity index (χ0v) is 32.3. The molecule has 50 heavy (non-hydrogen) atoms. The Labute approximate surface area is 305 Å². The highest BCUT2D eigenvalue weighted by molar-refractivity contribution is 7.19. The summed E-state index contributed by atoms with van der Waals surface area (Å²) >= 11 is 1.77. The molecule has 0 amide bonds. The first-order chi connectivity index (χ1) is 24.2. The molecule has 0 radical (unpaired) electrons. The summed E-state index contributed by atoms with van der Waals surface area (Å²) in [6, 6.07) is 14.7. The van der Waals surface area contributed by atoms with Crippen LogP contribution in [0.25, 0.3) is 10.1 Å². The Morgan fingerprint density at radius 3 is 2.26 bits per heavy atom. The van der Waals surface area contributed by atoms with Crippen molar-refractivity contribution in [3.05, 3.63) is 71.1 Å². The van der Waals surface area contributed by atoms with Crippen LogP contribution in [-0.4, -0.2) is 63.1 Å². The molecular formula is C42H62O7S. The summed E-state index contributed by atoms with van der Waals surface area (Å²) < 4.78 is 40.2. The minimum absolute atomic E-state index is 0.331. The average Bonchev–Trinajstić information content (AvgIpc) is 3.56. The normalized spacial score (nSPS) is 21.1. The van der Waals surface area contributed by atoms with Gasteiger partial charge < -0.3 is 33.5 Å². The van der Waals surface area contributed by atoms with Crippen molar-refractivity contribution < 1.29 is 33.5 Å². The molecule has 0 bridgehead atoms. The summed E-state index contributed by atoms with van der Waals surface area (Å²) in [5, 5.41) is 14.4. The average molecular weight is 711 g/mol. The van der Waals surface area contributed by atoms with Crippen LogP contribution in [0.5, 0.6) is 11.5 Å². The number of fused-ring (bicyclic) bond motifs is 1. The van der Waals surface area contributed by atoms with Gasteiger partial charge in [0.2, 0.25) is 5.79 Å². The van der Waals surface area contributed by atoms with E-state index >= 15 is 0 Å². The van der Waals surface area contributed by atoms with E-state index < -0.39 is 29.5 Å². The first-order valence-electron chi connectivity index (χ1n) is 19.0. The number of benzene rings is 2. The summed E-state index contributed by atoms with van der Waals surface area (Å²) in [6.07, 6.45) is 8.31. The molecule has 1 aliphatic rings. The van der Waals surface area contributed by atoms with Gasteiger partial charge in [-0.2, -0.15) is 0 Å². The third-order valence-electron chi connectivity index (χ3n) is 9.43. The topological polar surface area (TPSA) is 75.6 Å². The Kier molecular flexibility index (Phi) is 16.1. The molecule has 0 saturated carbocycles. The van der Waals surface area contributed by atoms with Gasteiger partial charge in [-0.3, -0.25) is 0 Å². The van der Waals surface area contributed by atoms with Crippen molar-refractivity contribution in [1.82, 2.24) is 0 Å². The minimum Gasteiger partial charge on any atom is -0.493 e. The number of hydrogen-bond donors (Lipinski definition) is 1. The van der Waals surface area contributed by atoms with Gasteiger partial charge in [0.1, 0.15) is 24.2 Å².